The monoisotopic (exact) mass is 194 g/mol. The molecule has 0 aliphatic heterocycles. The van der Waals surface area contributed by atoms with Crippen LogP contribution in [-0.4, -0.2) is 4.98 Å². The molecule has 2 aromatic rings. The fourth-order valence-corrected chi connectivity index (χ4v) is 1.45. The Kier molecular flexibility index (Phi) is 1.71. The highest BCUT2D eigenvalue weighted by Gasteiger charge is 2.08. The molecule has 4 heteroatoms. The third-order valence-electron chi connectivity index (χ3n) is 1.81. The summed E-state index contributed by atoms with van der Waals surface area (Å²) in [5.74, 6) is -0.363. The summed E-state index contributed by atoms with van der Waals surface area (Å²) in [6.45, 7) is 0. The first kappa shape index (κ1) is 8.09. The maximum Gasteiger partial charge on any atom is 0.137 e. The van der Waals surface area contributed by atoms with Gasteiger partial charge in [-0.15, -0.1) is 0 Å². The molecule has 0 spiro atoms. The smallest absolute Gasteiger partial charge is 0.137 e. The van der Waals surface area contributed by atoms with Crippen LogP contribution in [0.25, 0.3) is 10.9 Å². The number of fused-ring (bicyclic) bond motifs is 1. The minimum absolute atomic E-state index is 0.266. The molecule has 13 heavy (non-hydrogen) atoms. The summed E-state index contributed by atoms with van der Waals surface area (Å²) >= 11 is 5.81. The number of halogens is 2. The molecule has 0 unspecified atom stereocenters. The molecule has 1 aromatic carbocycles. The van der Waals surface area contributed by atoms with Gasteiger partial charge in [0.25, 0.3) is 0 Å². The Hall–Kier alpha value is -1.53. The van der Waals surface area contributed by atoms with E-state index in [0.717, 1.165) is 0 Å². The normalized spacial score (nSPS) is 10.2. The number of aromatic nitrogens is 1. The summed E-state index contributed by atoms with van der Waals surface area (Å²) in [5.41, 5.74) is 0.935. The van der Waals surface area contributed by atoms with Crippen molar-refractivity contribution >= 4 is 22.5 Å². The Balaban J connectivity index is 2.87. The van der Waals surface area contributed by atoms with E-state index >= 15 is 0 Å². The summed E-state index contributed by atoms with van der Waals surface area (Å²) in [6.07, 6.45) is 0. The van der Waals surface area contributed by atoms with E-state index in [2.05, 4.69) is 4.98 Å². The van der Waals surface area contributed by atoms with Crippen LogP contribution in [0.2, 0.25) is 5.02 Å². The summed E-state index contributed by atoms with van der Waals surface area (Å²) in [5, 5.41) is 9.44. The predicted octanol–water partition coefficient (Wildman–Crippen LogP) is 2.83. The Morgan fingerprint density at radius 1 is 1.46 bits per heavy atom. The summed E-state index contributed by atoms with van der Waals surface area (Å²) in [6, 6.07) is 6.06. The Morgan fingerprint density at radius 3 is 2.92 bits per heavy atom. The lowest BCUT2D eigenvalue weighted by molar-refractivity contribution is 0.630. The quantitative estimate of drug-likeness (QED) is 0.688. The first-order valence-electron chi connectivity index (χ1n) is 3.59. The molecule has 0 fully saturated rings. The molecule has 0 saturated heterocycles. The van der Waals surface area contributed by atoms with Gasteiger partial charge < -0.3 is 4.98 Å². The van der Waals surface area contributed by atoms with Crippen LogP contribution >= 0.6 is 11.6 Å². The maximum absolute atomic E-state index is 12.8. The van der Waals surface area contributed by atoms with Gasteiger partial charge in [0.15, 0.2) is 0 Å². The van der Waals surface area contributed by atoms with Gasteiger partial charge >= 0.3 is 0 Å². The van der Waals surface area contributed by atoms with Crippen molar-refractivity contribution in [1.82, 2.24) is 4.98 Å². The van der Waals surface area contributed by atoms with E-state index in [1.807, 2.05) is 6.07 Å². The topological polar surface area (TPSA) is 39.6 Å². The summed E-state index contributed by atoms with van der Waals surface area (Å²) in [7, 11) is 0. The Morgan fingerprint density at radius 2 is 2.23 bits per heavy atom. The first-order valence-corrected chi connectivity index (χ1v) is 3.97. The van der Waals surface area contributed by atoms with Gasteiger partial charge in [-0.05, 0) is 18.2 Å². The van der Waals surface area contributed by atoms with Crippen molar-refractivity contribution < 1.29 is 4.39 Å². The van der Waals surface area contributed by atoms with E-state index in [1.54, 1.807) is 6.07 Å². The number of benzene rings is 1. The fraction of sp³-hybridized carbons (Fsp3) is 0. The molecule has 0 saturated carbocycles. The van der Waals surface area contributed by atoms with E-state index in [0.29, 0.717) is 10.9 Å². The first-order chi connectivity index (χ1) is 6.22. The highest BCUT2D eigenvalue weighted by molar-refractivity contribution is 6.36. The molecular formula is C9H4ClFN2. The molecule has 64 valence electrons. The number of nitriles is 1. The van der Waals surface area contributed by atoms with E-state index in [-0.39, 0.29) is 16.5 Å². The largest absolute Gasteiger partial charge is 0.345 e. The number of rotatable bonds is 0. The van der Waals surface area contributed by atoms with Crippen molar-refractivity contribution in [3.05, 3.63) is 34.7 Å². The minimum Gasteiger partial charge on any atom is -0.345 e. The van der Waals surface area contributed by atoms with Crippen LogP contribution in [0.4, 0.5) is 4.39 Å². The molecule has 0 bridgehead atoms. The lowest BCUT2D eigenvalue weighted by Gasteiger charge is -1.89. The Bertz CT molecular complexity index is 510. The van der Waals surface area contributed by atoms with Crippen LogP contribution in [0.5, 0.6) is 0 Å². The van der Waals surface area contributed by atoms with Crippen molar-refractivity contribution in [1.29, 1.82) is 5.26 Å². The SMILES string of the molecule is N#Cc1[nH]c2ccc(F)cc2c1Cl. The van der Waals surface area contributed by atoms with Crippen molar-refractivity contribution in [3.8, 4) is 6.07 Å². The molecular weight excluding hydrogens is 191 g/mol. The van der Waals surface area contributed by atoms with E-state index in [4.69, 9.17) is 16.9 Å². The third kappa shape index (κ3) is 1.16. The van der Waals surface area contributed by atoms with Gasteiger partial charge in [-0.2, -0.15) is 5.26 Å². The zero-order valence-corrected chi connectivity index (χ0v) is 7.19. The van der Waals surface area contributed by atoms with Crippen LogP contribution in [0.3, 0.4) is 0 Å². The zero-order valence-electron chi connectivity index (χ0n) is 6.44. The minimum atomic E-state index is -0.363. The van der Waals surface area contributed by atoms with Gasteiger partial charge in [0.2, 0.25) is 0 Å². The number of aromatic amines is 1. The fourth-order valence-electron chi connectivity index (χ4n) is 1.21. The molecule has 1 N–H and O–H groups in total. The second-order valence-electron chi connectivity index (χ2n) is 2.62. The van der Waals surface area contributed by atoms with Gasteiger partial charge in [-0.25, -0.2) is 4.39 Å². The lowest BCUT2D eigenvalue weighted by atomic mass is 10.2. The Labute approximate surface area is 78.5 Å². The highest BCUT2D eigenvalue weighted by Crippen LogP contribution is 2.27. The van der Waals surface area contributed by atoms with Crippen LogP contribution in [0.15, 0.2) is 18.2 Å². The van der Waals surface area contributed by atoms with Crippen molar-refractivity contribution in [2.45, 2.75) is 0 Å². The average Bonchev–Trinajstić information content (AvgIpc) is 2.44. The number of nitrogens with zero attached hydrogens (tertiary/aromatic N) is 1. The average molecular weight is 195 g/mol. The van der Waals surface area contributed by atoms with Crippen LogP contribution in [0.1, 0.15) is 5.69 Å². The second-order valence-corrected chi connectivity index (χ2v) is 2.99. The number of nitrogens with one attached hydrogen (secondary N) is 1. The van der Waals surface area contributed by atoms with Gasteiger partial charge in [0, 0.05) is 10.9 Å². The molecule has 0 amide bonds. The van der Waals surface area contributed by atoms with Crippen LogP contribution in [0, 0.1) is 17.1 Å². The van der Waals surface area contributed by atoms with Crippen LogP contribution < -0.4 is 0 Å². The molecule has 1 aromatic heterocycles. The number of hydrogen-bond acceptors (Lipinski definition) is 1. The molecule has 2 rings (SSSR count). The highest BCUT2D eigenvalue weighted by atomic mass is 35.5. The van der Waals surface area contributed by atoms with Crippen molar-refractivity contribution in [3.63, 3.8) is 0 Å². The second kappa shape index (κ2) is 2.75. The predicted molar refractivity (Wildman–Crippen MR) is 48.0 cm³/mol. The molecule has 2 nitrogen and oxygen atoms in total. The standard InChI is InChI=1S/C9H4ClFN2/c10-9-6-3-5(11)1-2-7(6)13-8(9)4-12/h1-3,13H. The molecule has 1 heterocycles. The van der Waals surface area contributed by atoms with Gasteiger partial charge in [0.1, 0.15) is 17.6 Å². The summed E-state index contributed by atoms with van der Waals surface area (Å²) < 4.78 is 12.8. The zero-order chi connectivity index (χ0) is 9.42. The van der Waals surface area contributed by atoms with Gasteiger partial charge in [0.05, 0.1) is 5.02 Å². The summed E-state index contributed by atoms with van der Waals surface area (Å²) in [4.78, 5) is 2.78. The van der Waals surface area contributed by atoms with E-state index in [9.17, 15) is 4.39 Å². The number of H-pyrrole nitrogens is 1. The molecule has 0 aliphatic rings. The maximum atomic E-state index is 12.8. The van der Waals surface area contributed by atoms with Gasteiger partial charge in [-0.1, -0.05) is 11.6 Å². The number of hydrogen-bond donors (Lipinski definition) is 1. The van der Waals surface area contributed by atoms with Crippen LogP contribution in [-0.2, 0) is 0 Å². The van der Waals surface area contributed by atoms with Crippen molar-refractivity contribution in [2.24, 2.45) is 0 Å². The van der Waals surface area contributed by atoms with Gasteiger partial charge in [-0.3, -0.25) is 0 Å². The third-order valence-corrected chi connectivity index (χ3v) is 2.20. The molecule has 0 atom stereocenters. The molecule has 0 radical (unpaired) electrons. The lowest BCUT2D eigenvalue weighted by Crippen LogP contribution is -1.71. The van der Waals surface area contributed by atoms with E-state index in [1.165, 1.54) is 12.1 Å². The molecule has 0 aliphatic carbocycles. The van der Waals surface area contributed by atoms with E-state index < -0.39 is 0 Å². The van der Waals surface area contributed by atoms with Crippen molar-refractivity contribution in [2.75, 3.05) is 0 Å².